The SMILES string of the molecule is CN(CCC=C1c2ccccc2COc2ccccc21)CCCCCCc1ccc(C(C)(C)C)cc1. The molecule has 190 valence electrons. The van der Waals surface area contributed by atoms with Crippen molar-refractivity contribution in [2.75, 3.05) is 20.1 Å². The second kappa shape index (κ2) is 12.4. The van der Waals surface area contributed by atoms with Crippen LogP contribution in [0.2, 0.25) is 0 Å². The highest BCUT2D eigenvalue weighted by Crippen LogP contribution is 2.36. The first-order valence-corrected chi connectivity index (χ1v) is 13.7. The van der Waals surface area contributed by atoms with E-state index in [9.17, 15) is 0 Å². The van der Waals surface area contributed by atoms with Crippen LogP contribution >= 0.6 is 0 Å². The van der Waals surface area contributed by atoms with E-state index in [-0.39, 0.29) is 5.41 Å². The van der Waals surface area contributed by atoms with E-state index in [1.165, 1.54) is 72.0 Å². The Morgan fingerprint density at radius 2 is 1.47 bits per heavy atom. The molecule has 0 atom stereocenters. The first kappa shape index (κ1) is 26.2. The van der Waals surface area contributed by atoms with Crippen molar-refractivity contribution in [2.45, 2.75) is 71.3 Å². The number of hydrogen-bond acceptors (Lipinski definition) is 2. The molecule has 2 nitrogen and oxygen atoms in total. The Kier molecular flexibility index (Phi) is 9.04. The van der Waals surface area contributed by atoms with Crippen LogP contribution in [0.3, 0.4) is 0 Å². The van der Waals surface area contributed by atoms with Gasteiger partial charge in [-0.25, -0.2) is 0 Å². The second-order valence-corrected chi connectivity index (χ2v) is 11.3. The van der Waals surface area contributed by atoms with Crippen molar-refractivity contribution in [3.8, 4) is 5.75 Å². The molecule has 36 heavy (non-hydrogen) atoms. The van der Waals surface area contributed by atoms with Gasteiger partial charge in [-0.1, -0.05) is 106 Å². The third-order valence-electron chi connectivity index (χ3n) is 7.30. The number of hydrogen-bond donors (Lipinski definition) is 0. The summed E-state index contributed by atoms with van der Waals surface area (Å²) in [4.78, 5) is 2.48. The average molecular weight is 482 g/mol. The van der Waals surface area contributed by atoms with E-state index < -0.39 is 0 Å². The molecule has 0 fully saturated rings. The van der Waals surface area contributed by atoms with Gasteiger partial charge in [0.25, 0.3) is 0 Å². The molecule has 1 aliphatic heterocycles. The predicted octanol–water partition coefficient (Wildman–Crippen LogP) is 8.43. The summed E-state index contributed by atoms with van der Waals surface area (Å²) in [7, 11) is 2.26. The fourth-order valence-corrected chi connectivity index (χ4v) is 5.02. The molecule has 4 rings (SSSR count). The summed E-state index contributed by atoms with van der Waals surface area (Å²) in [6.45, 7) is 9.71. The Morgan fingerprint density at radius 1 is 0.778 bits per heavy atom. The summed E-state index contributed by atoms with van der Waals surface area (Å²) in [5.41, 5.74) is 8.21. The standard InChI is InChI=1S/C34H43NO/c1-34(2,3)29-22-20-27(21-23-29)14-7-5-6-12-24-35(4)25-13-18-31-30-16-9-8-15-28(30)26-36-33-19-11-10-17-32(31)33/h8-11,15-23H,5-7,12-14,24-26H2,1-4H3. The molecule has 0 saturated carbocycles. The van der Waals surface area contributed by atoms with E-state index in [0.717, 1.165) is 18.7 Å². The van der Waals surface area contributed by atoms with Crippen molar-refractivity contribution in [3.05, 3.63) is 107 Å². The van der Waals surface area contributed by atoms with Crippen LogP contribution in [0.4, 0.5) is 0 Å². The normalized spacial score (nSPS) is 14.3. The van der Waals surface area contributed by atoms with Crippen LogP contribution in [0.25, 0.3) is 5.57 Å². The van der Waals surface area contributed by atoms with Gasteiger partial charge in [-0.15, -0.1) is 0 Å². The van der Waals surface area contributed by atoms with Crippen LogP contribution in [-0.2, 0) is 18.4 Å². The van der Waals surface area contributed by atoms with Crippen molar-refractivity contribution in [3.63, 3.8) is 0 Å². The molecule has 0 aromatic heterocycles. The molecular formula is C34H43NO. The Labute approximate surface area is 219 Å². The van der Waals surface area contributed by atoms with Crippen LogP contribution in [0.1, 0.15) is 80.7 Å². The van der Waals surface area contributed by atoms with Gasteiger partial charge in [-0.05, 0) is 78.6 Å². The summed E-state index contributed by atoms with van der Waals surface area (Å²) in [6.07, 6.45) is 9.82. The zero-order valence-corrected chi connectivity index (χ0v) is 22.7. The van der Waals surface area contributed by atoms with Gasteiger partial charge in [0, 0.05) is 12.1 Å². The highest BCUT2D eigenvalue weighted by Gasteiger charge is 2.18. The number of fused-ring (bicyclic) bond motifs is 2. The van der Waals surface area contributed by atoms with Crippen LogP contribution in [0.5, 0.6) is 5.75 Å². The van der Waals surface area contributed by atoms with Crippen molar-refractivity contribution >= 4 is 5.57 Å². The third kappa shape index (κ3) is 7.11. The van der Waals surface area contributed by atoms with Crippen molar-refractivity contribution in [2.24, 2.45) is 0 Å². The van der Waals surface area contributed by atoms with Gasteiger partial charge >= 0.3 is 0 Å². The number of para-hydroxylation sites is 1. The summed E-state index contributed by atoms with van der Waals surface area (Å²) >= 11 is 0. The quantitative estimate of drug-likeness (QED) is 0.269. The highest BCUT2D eigenvalue weighted by atomic mass is 16.5. The first-order valence-electron chi connectivity index (χ1n) is 13.7. The van der Waals surface area contributed by atoms with Gasteiger partial charge in [0.15, 0.2) is 0 Å². The lowest BCUT2D eigenvalue weighted by atomic mass is 9.86. The highest BCUT2D eigenvalue weighted by molar-refractivity contribution is 5.84. The summed E-state index contributed by atoms with van der Waals surface area (Å²) in [5.74, 6) is 0.985. The maximum atomic E-state index is 6.11. The van der Waals surface area contributed by atoms with Gasteiger partial charge in [0.2, 0.25) is 0 Å². The van der Waals surface area contributed by atoms with Gasteiger partial charge in [0.05, 0.1) is 0 Å². The summed E-state index contributed by atoms with van der Waals surface area (Å²) in [6, 6.07) is 26.3. The molecule has 1 heterocycles. The first-order chi connectivity index (χ1) is 17.4. The van der Waals surface area contributed by atoms with E-state index in [2.05, 4.69) is 112 Å². The molecule has 3 aromatic rings. The number of benzene rings is 3. The zero-order chi connectivity index (χ0) is 25.4. The Morgan fingerprint density at radius 3 is 2.25 bits per heavy atom. The molecule has 0 N–H and O–H groups in total. The largest absolute Gasteiger partial charge is 0.488 e. The molecule has 0 bridgehead atoms. The number of ether oxygens (including phenoxy) is 1. The fourth-order valence-electron chi connectivity index (χ4n) is 5.02. The minimum atomic E-state index is 0.236. The van der Waals surface area contributed by atoms with E-state index in [0.29, 0.717) is 6.61 Å². The van der Waals surface area contributed by atoms with Crippen molar-refractivity contribution in [1.82, 2.24) is 4.90 Å². The molecule has 0 aliphatic carbocycles. The number of rotatable bonds is 10. The monoisotopic (exact) mass is 481 g/mol. The number of aryl methyl sites for hydroxylation is 1. The molecule has 0 amide bonds. The fraction of sp³-hybridized carbons (Fsp3) is 0.412. The van der Waals surface area contributed by atoms with Gasteiger partial charge in [-0.3, -0.25) is 0 Å². The summed E-state index contributed by atoms with van der Waals surface area (Å²) in [5, 5.41) is 0. The van der Waals surface area contributed by atoms with Crippen LogP contribution in [0.15, 0.2) is 78.9 Å². The molecule has 3 aromatic carbocycles. The van der Waals surface area contributed by atoms with E-state index in [1.807, 2.05) is 0 Å². The van der Waals surface area contributed by atoms with Gasteiger partial charge in [0.1, 0.15) is 12.4 Å². The maximum Gasteiger partial charge on any atom is 0.127 e. The average Bonchev–Trinajstić information content (AvgIpc) is 3.03. The molecule has 0 unspecified atom stereocenters. The minimum Gasteiger partial charge on any atom is -0.488 e. The van der Waals surface area contributed by atoms with Crippen LogP contribution in [0, 0.1) is 0 Å². The van der Waals surface area contributed by atoms with Crippen molar-refractivity contribution < 1.29 is 4.74 Å². The Bertz CT molecular complexity index is 1090. The topological polar surface area (TPSA) is 12.5 Å². The minimum absolute atomic E-state index is 0.236. The molecular weight excluding hydrogens is 438 g/mol. The van der Waals surface area contributed by atoms with Crippen molar-refractivity contribution in [1.29, 1.82) is 0 Å². The molecule has 2 heteroatoms. The Balaban J connectivity index is 1.20. The maximum absolute atomic E-state index is 6.11. The smallest absolute Gasteiger partial charge is 0.127 e. The number of nitrogens with zero attached hydrogens (tertiary/aromatic N) is 1. The van der Waals surface area contributed by atoms with Crippen LogP contribution in [-0.4, -0.2) is 25.0 Å². The lowest BCUT2D eigenvalue weighted by Crippen LogP contribution is -2.20. The Hall–Kier alpha value is -2.84. The molecule has 0 saturated heterocycles. The number of unbranched alkanes of at least 4 members (excludes halogenated alkanes) is 3. The lowest BCUT2D eigenvalue weighted by molar-refractivity contribution is 0.307. The molecule has 0 radical (unpaired) electrons. The zero-order valence-electron chi connectivity index (χ0n) is 22.7. The van der Waals surface area contributed by atoms with Gasteiger partial charge in [-0.2, -0.15) is 0 Å². The van der Waals surface area contributed by atoms with Crippen LogP contribution < -0.4 is 4.74 Å². The molecule has 1 aliphatic rings. The van der Waals surface area contributed by atoms with Gasteiger partial charge < -0.3 is 9.64 Å². The van der Waals surface area contributed by atoms with E-state index in [1.54, 1.807) is 0 Å². The predicted molar refractivity (Wildman–Crippen MR) is 154 cm³/mol. The summed E-state index contributed by atoms with van der Waals surface area (Å²) < 4.78 is 6.11. The molecule has 0 spiro atoms. The lowest BCUT2D eigenvalue weighted by Gasteiger charge is -2.19. The van der Waals surface area contributed by atoms with E-state index >= 15 is 0 Å². The third-order valence-corrected chi connectivity index (χ3v) is 7.30. The second-order valence-electron chi connectivity index (χ2n) is 11.3. The van der Waals surface area contributed by atoms with E-state index in [4.69, 9.17) is 4.74 Å².